The van der Waals surface area contributed by atoms with E-state index in [1.807, 2.05) is 32.0 Å². The molecule has 1 unspecified atom stereocenters. The maximum atomic E-state index is 14.2. The summed E-state index contributed by atoms with van der Waals surface area (Å²) >= 11 is 3.37. The van der Waals surface area contributed by atoms with Crippen molar-refractivity contribution in [2.75, 3.05) is 24.4 Å². The molecule has 4 atom stereocenters. The molecular formula is C41H51BrN8O6S. The van der Waals surface area contributed by atoms with Crippen molar-refractivity contribution in [2.45, 2.75) is 71.0 Å². The Morgan fingerprint density at radius 1 is 0.825 bits per heavy atom. The van der Waals surface area contributed by atoms with E-state index >= 15 is 0 Å². The van der Waals surface area contributed by atoms with Crippen molar-refractivity contribution in [3.05, 3.63) is 124 Å². The van der Waals surface area contributed by atoms with E-state index in [-0.39, 0.29) is 53.3 Å². The van der Waals surface area contributed by atoms with E-state index in [4.69, 9.17) is 0 Å². The third kappa shape index (κ3) is 13.2. The topological polar surface area (TPSA) is 192 Å². The van der Waals surface area contributed by atoms with Crippen LogP contribution in [0.1, 0.15) is 78.2 Å². The van der Waals surface area contributed by atoms with Gasteiger partial charge >= 0.3 is 0 Å². The van der Waals surface area contributed by atoms with Gasteiger partial charge in [0.15, 0.2) is 0 Å². The van der Waals surface area contributed by atoms with E-state index in [2.05, 4.69) is 52.5 Å². The van der Waals surface area contributed by atoms with Gasteiger partial charge in [0.1, 0.15) is 6.04 Å². The van der Waals surface area contributed by atoms with Crippen LogP contribution in [0.15, 0.2) is 95.9 Å². The minimum atomic E-state index is -3.98. The van der Waals surface area contributed by atoms with Gasteiger partial charge in [-0.25, -0.2) is 8.42 Å². The largest absolute Gasteiger partial charge is 0.355 e. The number of pyridine rings is 2. The monoisotopic (exact) mass is 862 g/mol. The van der Waals surface area contributed by atoms with Crippen LogP contribution in [-0.2, 0) is 31.8 Å². The van der Waals surface area contributed by atoms with Crippen molar-refractivity contribution in [1.82, 2.24) is 36.6 Å². The number of aromatic nitrogens is 2. The molecule has 2 aromatic heterocycles. The van der Waals surface area contributed by atoms with Crippen molar-refractivity contribution in [3.63, 3.8) is 0 Å². The predicted octanol–water partition coefficient (Wildman–Crippen LogP) is 4.29. The quantitative estimate of drug-likeness (QED) is 0.0916. The summed E-state index contributed by atoms with van der Waals surface area (Å²) in [6.07, 6.45) is 5.17. The van der Waals surface area contributed by atoms with Gasteiger partial charge in [0, 0.05) is 72.5 Å². The molecule has 57 heavy (non-hydrogen) atoms. The highest BCUT2D eigenvalue weighted by molar-refractivity contribution is 9.10. The van der Waals surface area contributed by atoms with Gasteiger partial charge in [-0.05, 0) is 86.3 Å². The molecule has 0 aliphatic rings. The van der Waals surface area contributed by atoms with Gasteiger partial charge in [-0.2, -0.15) is 0 Å². The molecule has 0 spiro atoms. The van der Waals surface area contributed by atoms with Gasteiger partial charge in [-0.1, -0.05) is 54.0 Å². The molecule has 16 heteroatoms. The second kappa shape index (κ2) is 20.8. The SMILES string of the molecule is CCNC(=O)[C@@H](NC(=O)[C@H](C)NC[C@H](Cc1ccccn1)NC(=O)c1cc(C(=O)NC(C)c2cccnc2)cc(N(C)S(=O)(=O)Cc2ccc(Br)cc2)c1)C(C)C. The second-order valence-corrected chi connectivity index (χ2v) is 17.0. The number of anilines is 1. The molecule has 0 bridgehead atoms. The van der Waals surface area contributed by atoms with Crippen LogP contribution in [0.2, 0.25) is 0 Å². The van der Waals surface area contributed by atoms with Crippen LogP contribution in [-0.4, -0.2) is 80.3 Å². The zero-order valence-corrected chi connectivity index (χ0v) is 35.4. The number of sulfonamides is 1. The van der Waals surface area contributed by atoms with Crippen LogP contribution in [0.25, 0.3) is 0 Å². The number of likely N-dealkylation sites (N-methyl/N-ethyl adjacent to an activating group) is 1. The highest BCUT2D eigenvalue weighted by Crippen LogP contribution is 2.25. The lowest BCUT2D eigenvalue weighted by Gasteiger charge is -2.25. The van der Waals surface area contributed by atoms with Crippen LogP contribution in [0.4, 0.5) is 5.69 Å². The van der Waals surface area contributed by atoms with Crippen molar-refractivity contribution >= 4 is 55.3 Å². The minimum absolute atomic E-state index is 0.0379. The lowest BCUT2D eigenvalue weighted by atomic mass is 10.0. The average Bonchev–Trinajstić information content (AvgIpc) is 3.19. The van der Waals surface area contributed by atoms with Gasteiger partial charge in [-0.3, -0.25) is 33.5 Å². The fourth-order valence-corrected chi connectivity index (χ4v) is 7.32. The summed E-state index contributed by atoms with van der Waals surface area (Å²) in [5, 5.41) is 14.7. The Bertz CT molecular complexity index is 2090. The molecule has 2 aromatic carbocycles. The molecule has 304 valence electrons. The van der Waals surface area contributed by atoms with E-state index in [0.717, 1.165) is 14.3 Å². The lowest BCUT2D eigenvalue weighted by molar-refractivity contribution is -0.130. The Balaban J connectivity index is 1.62. The summed E-state index contributed by atoms with van der Waals surface area (Å²) in [4.78, 5) is 62.2. The second-order valence-electron chi connectivity index (χ2n) is 14.1. The smallest absolute Gasteiger partial charge is 0.251 e. The van der Waals surface area contributed by atoms with Gasteiger partial charge < -0.3 is 26.6 Å². The number of hydrogen-bond acceptors (Lipinski definition) is 9. The number of carbonyl (C=O) groups is 4. The zero-order chi connectivity index (χ0) is 41.7. The van der Waals surface area contributed by atoms with Crippen molar-refractivity contribution in [2.24, 2.45) is 5.92 Å². The number of halogens is 1. The molecule has 0 fully saturated rings. The van der Waals surface area contributed by atoms with Crippen LogP contribution >= 0.6 is 15.9 Å². The first-order valence-electron chi connectivity index (χ1n) is 18.7. The maximum absolute atomic E-state index is 14.2. The zero-order valence-electron chi connectivity index (χ0n) is 33.0. The van der Waals surface area contributed by atoms with Gasteiger partial charge in [0.25, 0.3) is 11.8 Å². The van der Waals surface area contributed by atoms with Crippen molar-refractivity contribution in [1.29, 1.82) is 0 Å². The Morgan fingerprint density at radius 3 is 2.11 bits per heavy atom. The summed E-state index contributed by atoms with van der Waals surface area (Å²) in [6.45, 7) is 9.50. The first kappa shape index (κ1) is 44.5. The standard InChI is InChI=1S/C41H51BrN8O6S/c1-7-44-41(54)37(26(2)3)49-38(51)28(5)46-24-35(22-34-12-8-9-18-45-34)48-40(53)32-19-31(39(52)47-27(4)30-11-10-17-43-23-30)20-36(21-32)50(6)57(55,56)25-29-13-15-33(42)16-14-29/h8-21,23,26-28,35,37,46H,7,22,24-25H2,1-6H3,(H,44,54)(H,47,52)(H,48,53)(H,49,51)/t27?,28-,35-,37-/m0/s1. The summed E-state index contributed by atoms with van der Waals surface area (Å²) in [7, 11) is -2.60. The molecule has 14 nitrogen and oxygen atoms in total. The van der Waals surface area contributed by atoms with E-state index < -0.39 is 46.0 Å². The van der Waals surface area contributed by atoms with Crippen LogP contribution < -0.4 is 30.9 Å². The van der Waals surface area contributed by atoms with E-state index in [9.17, 15) is 27.6 Å². The van der Waals surface area contributed by atoms with Crippen LogP contribution in [0, 0.1) is 5.92 Å². The molecule has 0 saturated heterocycles. The lowest BCUT2D eigenvalue weighted by Crippen LogP contribution is -2.55. The van der Waals surface area contributed by atoms with Crippen molar-refractivity contribution in [3.8, 4) is 0 Å². The Hall–Kier alpha value is -5.19. The number of nitrogens with one attached hydrogen (secondary N) is 5. The average molecular weight is 864 g/mol. The number of carbonyl (C=O) groups excluding carboxylic acids is 4. The summed E-state index contributed by atoms with van der Waals surface area (Å²) in [5.74, 6) is -2.25. The number of amides is 4. The summed E-state index contributed by atoms with van der Waals surface area (Å²) in [5.41, 5.74) is 2.20. The highest BCUT2D eigenvalue weighted by atomic mass is 79.9. The van der Waals surface area contributed by atoms with Crippen molar-refractivity contribution < 1.29 is 27.6 Å². The third-order valence-corrected chi connectivity index (χ3v) is 11.5. The molecule has 0 aliphatic heterocycles. The minimum Gasteiger partial charge on any atom is -0.355 e. The summed E-state index contributed by atoms with van der Waals surface area (Å²) < 4.78 is 29.3. The number of nitrogens with zero attached hydrogens (tertiary/aromatic N) is 3. The Morgan fingerprint density at radius 2 is 1.51 bits per heavy atom. The summed E-state index contributed by atoms with van der Waals surface area (Å²) in [6, 6.07) is 17.6. The molecule has 5 N–H and O–H groups in total. The van der Waals surface area contributed by atoms with Gasteiger partial charge in [-0.15, -0.1) is 0 Å². The third-order valence-electron chi connectivity index (χ3n) is 9.20. The highest BCUT2D eigenvalue weighted by Gasteiger charge is 2.27. The Labute approximate surface area is 343 Å². The molecule has 4 amide bonds. The molecule has 0 saturated carbocycles. The Kier molecular flexibility index (Phi) is 16.3. The van der Waals surface area contributed by atoms with E-state index in [0.29, 0.717) is 17.8 Å². The maximum Gasteiger partial charge on any atom is 0.251 e. The molecule has 4 aromatic rings. The number of rotatable bonds is 19. The molecule has 4 rings (SSSR count). The number of benzene rings is 2. The fourth-order valence-electron chi connectivity index (χ4n) is 5.82. The first-order chi connectivity index (χ1) is 27.1. The molecule has 0 radical (unpaired) electrons. The number of hydrogen-bond donors (Lipinski definition) is 5. The van der Waals surface area contributed by atoms with Gasteiger partial charge in [0.05, 0.1) is 23.5 Å². The normalized spacial score (nSPS) is 13.5. The predicted molar refractivity (Wildman–Crippen MR) is 224 cm³/mol. The van der Waals surface area contributed by atoms with Gasteiger partial charge in [0.2, 0.25) is 21.8 Å². The van der Waals surface area contributed by atoms with Crippen LogP contribution in [0.5, 0.6) is 0 Å². The van der Waals surface area contributed by atoms with E-state index in [1.54, 1.807) is 75.8 Å². The molecular weight excluding hydrogens is 812 g/mol. The fraction of sp³-hybridized carbons (Fsp3) is 0.366. The van der Waals surface area contributed by atoms with E-state index in [1.165, 1.54) is 25.2 Å². The van der Waals surface area contributed by atoms with Crippen LogP contribution in [0.3, 0.4) is 0 Å². The molecule has 0 aliphatic carbocycles. The molecule has 2 heterocycles. The first-order valence-corrected chi connectivity index (χ1v) is 21.1.